The molecule has 1 heterocycles. The van der Waals surface area contributed by atoms with Crippen LogP contribution in [-0.4, -0.2) is 17.0 Å². The Balaban J connectivity index is 2.26. The molecular formula is C16H15F2NO4. The molecule has 23 heavy (non-hydrogen) atoms. The van der Waals surface area contributed by atoms with Crippen LogP contribution in [0.3, 0.4) is 0 Å². The average molecular weight is 323 g/mol. The lowest BCUT2D eigenvalue weighted by Gasteiger charge is -2.16. The molecule has 1 atom stereocenters. The highest BCUT2D eigenvalue weighted by Crippen LogP contribution is 2.23. The Bertz CT molecular complexity index is 734. The van der Waals surface area contributed by atoms with Crippen molar-refractivity contribution in [2.45, 2.75) is 26.3 Å². The van der Waals surface area contributed by atoms with Crippen molar-refractivity contribution < 1.29 is 27.9 Å². The molecule has 0 bridgehead atoms. The Hall–Kier alpha value is -2.70. The van der Waals surface area contributed by atoms with Crippen LogP contribution in [0, 0.1) is 18.6 Å². The van der Waals surface area contributed by atoms with Crippen LogP contribution in [0.25, 0.3) is 0 Å². The maximum Gasteiger partial charge on any atom is 0.311 e. The summed E-state index contributed by atoms with van der Waals surface area (Å²) < 4.78 is 32.5. The van der Waals surface area contributed by atoms with E-state index in [0.717, 1.165) is 12.1 Å². The molecule has 1 aromatic heterocycles. The molecule has 122 valence electrons. The van der Waals surface area contributed by atoms with E-state index < -0.39 is 36.0 Å². The molecule has 0 aliphatic heterocycles. The zero-order valence-electron chi connectivity index (χ0n) is 12.5. The first kappa shape index (κ1) is 16.7. The van der Waals surface area contributed by atoms with E-state index in [4.69, 9.17) is 9.52 Å². The van der Waals surface area contributed by atoms with Gasteiger partial charge in [-0.2, -0.15) is 0 Å². The number of aryl methyl sites for hydroxylation is 1. The number of hydrogen-bond acceptors (Lipinski definition) is 3. The largest absolute Gasteiger partial charge is 0.481 e. The van der Waals surface area contributed by atoms with Crippen molar-refractivity contribution in [1.29, 1.82) is 0 Å². The highest BCUT2D eigenvalue weighted by molar-refractivity contribution is 5.97. The van der Waals surface area contributed by atoms with Crippen LogP contribution in [-0.2, 0) is 11.2 Å². The summed E-state index contributed by atoms with van der Waals surface area (Å²) in [6.45, 7) is 3.02. The molecule has 0 aliphatic carbocycles. The van der Waals surface area contributed by atoms with E-state index in [2.05, 4.69) is 5.32 Å². The molecule has 0 saturated carbocycles. The number of furan rings is 1. The second-order valence-corrected chi connectivity index (χ2v) is 5.12. The van der Waals surface area contributed by atoms with Crippen molar-refractivity contribution in [1.82, 2.24) is 5.32 Å². The van der Waals surface area contributed by atoms with E-state index in [9.17, 15) is 18.4 Å². The quantitative estimate of drug-likeness (QED) is 0.886. The summed E-state index contributed by atoms with van der Waals surface area (Å²) in [5.74, 6) is -3.35. The Morgan fingerprint density at radius 2 is 1.91 bits per heavy atom. The minimum atomic E-state index is -1.15. The fourth-order valence-corrected chi connectivity index (χ4v) is 2.34. The molecule has 5 nitrogen and oxygen atoms in total. The average Bonchev–Trinajstić information content (AvgIpc) is 2.78. The third-order valence-electron chi connectivity index (χ3n) is 3.37. The number of benzene rings is 1. The van der Waals surface area contributed by atoms with Gasteiger partial charge in [-0.1, -0.05) is 6.07 Å². The van der Waals surface area contributed by atoms with E-state index >= 15 is 0 Å². The summed E-state index contributed by atoms with van der Waals surface area (Å²) in [7, 11) is 0. The van der Waals surface area contributed by atoms with Gasteiger partial charge in [-0.15, -0.1) is 0 Å². The molecule has 2 rings (SSSR count). The van der Waals surface area contributed by atoms with Crippen LogP contribution < -0.4 is 5.32 Å². The van der Waals surface area contributed by atoms with Gasteiger partial charge < -0.3 is 14.8 Å². The lowest BCUT2D eigenvalue weighted by molar-refractivity contribution is -0.136. The number of carboxylic acids is 1. The Morgan fingerprint density at radius 3 is 2.48 bits per heavy atom. The summed E-state index contributed by atoms with van der Waals surface area (Å²) in [4.78, 5) is 23.1. The van der Waals surface area contributed by atoms with Gasteiger partial charge in [-0.05, 0) is 26.0 Å². The highest BCUT2D eigenvalue weighted by atomic mass is 19.1. The lowest BCUT2D eigenvalue weighted by Crippen LogP contribution is -2.29. The summed E-state index contributed by atoms with van der Waals surface area (Å²) >= 11 is 0. The van der Waals surface area contributed by atoms with Crippen LogP contribution in [0.5, 0.6) is 0 Å². The highest BCUT2D eigenvalue weighted by Gasteiger charge is 2.24. The van der Waals surface area contributed by atoms with E-state index in [1.54, 1.807) is 6.92 Å². The van der Waals surface area contributed by atoms with Crippen molar-refractivity contribution in [2.24, 2.45) is 0 Å². The first-order valence-corrected chi connectivity index (χ1v) is 6.84. The van der Waals surface area contributed by atoms with Crippen molar-refractivity contribution in [3.63, 3.8) is 0 Å². The second kappa shape index (κ2) is 6.60. The summed E-state index contributed by atoms with van der Waals surface area (Å²) in [5, 5.41) is 11.3. The molecule has 7 heteroatoms. The van der Waals surface area contributed by atoms with E-state index in [0.29, 0.717) is 5.56 Å². The molecule has 1 unspecified atom stereocenters. The second-order valence-electron chi connectivity index (χ2n) is 5.12. The molecule has 0 spiro atoms. The Morgan fingerprint density at radius 1 is 1.30 bits per heavy atom. The van der Waals surface area contributed by atoms with Gasteiger partial charge in [0.1, 0.15) is 23.8 Å². The summed E-state index contributed by atoms with van der Waals surface area (Å²) in [6.07, 6.45) is 0.806. The van der Waals surface area contributed by atoms with E-state index in [1.807, 2.05) is 0 Å². The van der Waals surface area contributed by atoms with Gasteiger partial charge in [0.25, 0.3) is 5.91 Å². The topological polar surface area (TPSA) is 79.5 Å². The maximum absolute atomic E-state index is 13.7. The van der Waals surface area contributed by atoms with Crippen LogP contribution in [0.4, 0.5) is 8.78 Å². The van der Waals surface area contributed by atoms with Gasteiger partial charge in [0.2, 0.25) is 0 Å². The number of carbonyl (C=O) groups excluding carboxylic acids is 1. The van der Waals surface area contributed by atoms with Crippen LogP contribution >= 0.6 is 0 Å². The Labute approximate surface area is 130 Å². The minimum absolute atomic E-state index is 0.00583. The smallest absolute Gasteiger partial charge is 0.311 e. The lowest BCUT2D eigenvalue weighted by atomic mass is 10.0. The molecular weight excluding hydrogens is 308 g/mol. The normalized spacial score (nSPS) is 12.0. The van der Waals surface area contributed by atoms with E-state index in [-0.39, 0.29) is 16.9 Å². The molecule has 1 amide bonds. The van der Waals surface area contributed by atoms with Crippen LogP contribution in [0.15, 0.2) is 28.9 Å². The van der Waals surface area contributed by atoms with Crippen molar-refractivity contribution in [2.75, 3.05) is 0 Å². The number of amides is 1. The number of hydrogen-bond donors (Lipinski definition) is 2. The summed E-state index contributed by atoms with van der Waals surface area (Å²) in [6, 6.07) is 2.49. The molecule has 0 saturated heterocycles. The molecule has 1 aromatic carbocycles. The fourth-order valence-electron chi connectivity index (χ4n) is 2.34. The number of rotatable bonds is 5. The predicted molar refractivity (Wildman–Crippen MR) is 77.0 cm³/mol. The van der Waals surface area contributed by atoms with Gasteiger partial charge >= 0.3 is 5.97 Å². The van der Waals surface area contributed by atoms with Gasteiger partial charge in [-0.3, -0.25) is 9.59 Å². The fraction of sp³-hybridized carbons (Fsp3) is 0.250. The predicted octanol–water partition coefficient (Wildman–Crippen LogP) is 2.98. The van der Waals surface area contributed by atoms with Crippen LogP contribution in [0.1, 0.15) is 40.2 Å². The van der Waals surface area contributed by atoms with E-state index in [1.165, 1.54) is 19.3 Å². The third-order valence-corrected chi connectivity index (χ3v) is 3.37. The van der Waals surface area contributed by atoms with Crippen molar-refractivity contribution in [3.05, 3.63) is 58.5 Å². The maximum atomic E-state index is 13.7. The number of carboxylic acid groups (broad SMARTS) is 1. The van der Waals surface area contributed by atoms with Gasteiger partial charge in [0.05, 0.1) is 17.9 Å². The standard InChI is InChI=1S/C16H15F2NO4/c1-8-7-23-12(6-13(20)21)14(8)16(22)19-9(2)15-10(17)4-3-5-11(15)18/h3-5,7,9H,6H2,1-2H3,(H,19,22)(H,20,21). The van der Waals surface area contributed by atoms with Crippen LogP contribution in [0.2, 0.25) is 0 Å². The zero-order valence-corrected chi connectivity index (χ0v) is 12.5. The first-order valence-electron chi connectivity index (χ1n) is 6.84. The Kier molecular flexibility index (Phi) is 4.78. The van der Waals surface area contributed by atoms with Gasteiger partial charge in [-0.25, -0.2) is 8.78 Å². The SMILES string of the molecule is Cc1coc(CC(=O)O)c1C(=O)NC(C)c1c(F)cccc1F. The zero-order chi connectivity index (χ0) is 17.1. The monoisotopic (exact) mass is 323 g/mol. The molecule has 0 radical (unpaired) electrons. The molecule has 2 aromatic rings. The number of carbonyl (C=O) groups is 2. The van der Waals surface area contributed by atoms with Gasteiger partial charge in [0.15, 0.2) is 0 Å². The number of aliphatic carboxylic acids is 1. The minimum Gasteiger partial charge on any atom is -0.481 e. The molecule has 0 fully saturated rings. The van der Waals surface area contributed by atoms with Crippen molar-refractivity contribution >= 4 is 11.9 Å². The first-order chi connectivity index (χ1) is 10.8. The number of nitrogens with one attached hydrogen (secondary N) is 1. The van der Waals surface area contributed by atoms with Gasteiger partial charge in [0, 0.05) is 11.1 Å². The number of halogens is 2. The third kappa shape index (κ3) is 3.56. The summed E-state index contributed by atoms with van der Waals surface area (Å²) in [5.41, 5.74) is 0.248. The molecule has 0 aliphatic rings. The molecule has 2 N–H and O–H groups in total. The van der Waals surface area contributed by atoms with Crippen molar-refractivity contribution in [3.8, 4) is 0 Å².